The van der Waals surface area contributed by atoms with E-state index in [1.54, 1.807) is 13.0 Å². The van der Waals surface area contributed by atoms with Crippen LogP contribution in [0.4, 0.5) is 10.1 Å². The number of hydrogen-bond acceptors (Lipinski definition) is 5. The van der Waals surface area contributed by atoms with Crippen molar-refractivity contribution in [1.29, 1.82) is 0 Å². The maximum Gasteiger partial charge on any atom is 0.244 e. The lowest BCUT2D eigenvalue weighted by molar-refractivity contribution is -0.140. The minimum absolute atomic E-state index is 0.0000106. The number of ether oxygens (including phenoxy) is 1. The Kier molecular flexibility index (Phi) is 9.78. The van der Waals surface area contributed by atoms with Crippen LogP contribution < -0.4 is 14.4 Å². The highest BCUT2D eigenvalue weighted by atomic mass is 35.5. The van der Waals surface area contributed by atoms with Crippen molar-refractivity contribution in [2.24, 2.45) is 0 Å². The van der Waals surface area contributed by atoms with Gasteiger partial charge in [0, 0.05) is 17.6 Å². The number of nitrogens with zero attached hydrogens (tertiary/aromatic N) is 2. The highest BCUT2D eigenvalue weighted by Gasteiger charge is 2.33. The molecule has 0 radical (unpaired) electrons. The summed E-state index contributed by atoms with van der Waals surface area (Å²) in [5.74, 6) is -1.09. The molecule has 37 heavy (non-hydrogen) atoms. The van der Waals surface area contributed by atoms with E-state index in [2.05, 4.69) is 5.32 Å². The van der Waals surface area contributed by atoms with Crippen LogP contribution in [0.15, 0.2) is 42.5 Å². The third kappa shape index (κ3) is 7.58. The van der Waals surface area contributed by atoms with Crippen molar-refractivity contribution in [3.63, 3.8) is 0 Å². The molecule has 2 aromatic rings. The van der Waals surface area contributed by atoms with Gasteiger partial charge in [-0.25, -0.2) is 12.8 Å². The van der Waals surface area contributed by atoms with E-state index in [9.17, 15) is 22.4 Å². The monoisotopic (exact) mass is 553 g/mol. The van der Waals surface area contributed by atoms with Crippen molar-refractivity contribution < 1.29 is 27.1 Å². The predicted molar refractivity (Wildman–Crippen MR) is 142 cm³/mol. The molecule has 1 fully saturated rings. The van der Waals surface area contributed by atoms with E-state index in [1.807, 2.05) is 0 Å². The summed E-state index contributed by atoms with van der Waals surface area (Å²) >= 11 is 6.13. The van der Waals surface area contributed by atoms with Crippen molar-refractivity contribution in [1.82, 2.24) is 10.2 Å². The number of rotatable bonds is 11. The van der Waals surface area contributed by atoms with Crippen molar-refractivity contribution in [3.8, 4) is 5.75 Å². The van der Waals surface area contributed by atoms with E-state index < -0.39 is 34.3 Å². The molecule has 1 atom stereocenters. The molecule has 0 unspecified atom stereocenters. The number of sulfonamides is 1. The van der Waals surface area contributed by atoms with Gasteiger partial charge < -0.3 is 15.0 Å². The van der Waals surface area contributed by atoms with Gasteiger partial charge in [-0.15, -0.1) is 0 Å². The number of methoxy groups -OCH3 is 1. The maximum absolute atomic E-state index is 13.8. The number of carbonyl (C=O) groups excluding carboxylic acids is 2. The Hall–Kier alpha value is -2.85. The van der Waals surface area contributed by atoms with Crippen LogP contribution in [-0.2, 0) is 26.2 Å². The van der Waals surface area contributed by atoms with E-state index >= 15 is 0 Å². The van der Waals surface area contributed by atoms with Gasteiger partial charge in [-0.3, -0.25) is 13.9 Å². The van der Waals surface area contributed by atoms with Gasteiger partial charge in [-0.05, 0) is 55.2 Å². The van der Waals surface area contributed by atoms with Crippen molar-refractivity contribution in [2.75, 3.05) is 24.2 Å². The number of anilines is 1. The first-order valence-electron chi connectivity index (χ1n) is 12.2. The SMILES string of the molecule is CC[C@H](C(=O)NC1CCCC1)N(Cc1ccc(F)cc1)C(=O)CN(c1cc(Cl)ccc1OC)S(C)(=O)=O. The number of halogens is 2. The summed E-state index contributed by atoms with van der Waals surface area (Å²) in [6, 6.07) is 9.29. The van der Waals surface area contributed by atoms with Crippen LogP contribution in [0.3, 0.4) is 0 Å². The predicted octanol–water partition coefficient (Wildman–Crippen LogP) is 4.12. The molecule has 1 N–H and O–H groups in total. The molecule has 0 aromatic heterocycles. The molecule has 2 amide bonds. The minimum atomic E-state index is -3.95. The van der Waals surface area contributed by atoms with E-state index in [4.69, 9.17) is 16.3 Å². The zero-order valence-electron chi connectivity index (χ0n) is 21.2. The molecule has 0 spiro atoms. The molecule has 0 saturated heterocycles. The molecule has 2 aromatic carbocycles. The van der Waals surface area contributed by atoms with Crippen LogP contribution in [0.2, 0.25) is 5.02 Å². The van der Waals surface area contributed by atoms with Crippen molar-refractivity contribution in [2.45, 2.75) is 57.7 Å². The van der Waals surface area contributed by atoms with Crippen molar-refractivity contribution >= 4 is 39.1 Å². The number of amides is 2. The molecule has 1 aliphatic rings. The Morgan fingerprint density at radius 1 is 1.16 bits per heavy atom. The molecule has 8 nitrogen and oxygen atoms in total. The van der Waals surface area contributed by atoms with E-state index in [1.165, 1.54) is 48.4 Å². The summed E-state index contributed by atoms with van der Waals surface area (Å²) < 4.78 is 45.4. The van der Waals surface area contributed by atoms with Gasteiger partial charge in [-0.2, -0.15) is 0 Å². The molecule has 1 aliphatic carbocycles. The van der Waals surface area contributed by atoms with Crippen LogP contribution in [0.5, 0.6) is 5.75 Å². The quantitative estimate of drug-likeness (QED) is 0.451. The van der Waals surface area contributed by atoms with Gasteiger partial charge in [0.2, 0.25) is 21.8 Å². The smallest absolute Gasteiger partial charge is 0.244 e. The van der Waals surface area contributed by atoms with Gasteiger partial charge in [0.15, 0.2) is 0 Å². The molecule has 3 rings (SSSR count). The second-order valence-electron chi connectivity index (χ2n) is 9.15. The Morgan fingerprint density at radius 2 is 1.81 bits per heavy atom. The van der Waals surface area contributed by atoms with Crippen LogP contribution in [0.1, 0.15) is 44.6 Å². The highest BCUT2D eigenvalue weighted by Crippen LogP contribution is 2.33. The van der Waals surface area contributed by atoms with Crippen molar-refractivity contribution in [3.05, 3.63) is 58.9 Å². The largest absolute Gasteiger partial charge is 0.495 e. The minimum Gasteiger partial charge on any atom is -0.495 e. The Labute approximate surface area is 222 Å². The normalized spacial score (nSPS) is 14.7. The highest BCUT2D eigenvalue weighted by molar-refractivity contribution is 7.92. The Balaban J connectivity index is 1.96. The summed E-state index contributed by atoms with van der Waals surface area (Å²) in [4.78, 5) is 28.4. The first-order chi connectivity index (χ1) is 17.5. The number of nitrogens with one attached hydrogen (secondary N) is 1. The lowest BCUT2D eigenvalue weighted by atomic mass is 10.1. The molecule has 0 heterocycles. The second-order valence-corrected chi connectivity index (χ2v) is 11.5. The summed E-state index contributed by atoms with van der Waals surface area (Å²) in [7, 11) is -2.56. The summed E-state index contributed by atoms with van der Waals surface area (Å²) in [5.41, 5.74) is 0.712. The number of hydrogen-bond donors (Lipinski definition) is 1. The standard InChI is InChI=1S/C26H33ClFN3O5S/c1-4-22(26(33)29-21-7-5-6-8-21)30(16-18-9-12-20(28)13-10-18)25(32)17-31(37(3,34)35)23-15-19(27)11-14-24(23)36-2/h9-15,21-22H,4-8,16-17H2,1-3H3,(H,29,33)/t22-/m1/s1. The Bertz CT molecular complexity index is 1200. The fourth-order valence-electron chi connectivity index (χ4n) is 4.53. The molecule has 11 heteroatoms. The Morgan fingerprint density at radius 3 is 2.38 bits per heavy atom. The average Bonchev–Trinajstić information content (AvgIpc) is 3.35. The van der Waals surface area contributed by atoms with Gasteiger partial charge in [0.1, 0.15) is 24.2 Å². The number of carbonyl (C=O) groups is 2. The van der Waals surface area contributed by atoms with E-state index in [0.717, 1.165) is 36.2 Å². The van der Waals surface area contributed by atoms with Gasteiger partial charge in [0.25, 0.3) is 0 Å². The number of benzene rings is 2. The summed E-state index contributed by atoms with van der Waals surface area (Å²) in [6.07, 6.45) is 5.12. The van der Waals surface area contributed by atoms with Gasteiger partial charge in [0.05, 0.1) is 19.1 Å². The fraction of sp³-hybridized carbons (Fsp3) is 0.462. The first kappa shape index (κ1) is 28.7. The lowest BCUT2D eigenvalue weighted by Gasteiger charge is -2.33. The lowest BCUT2D eigenvalue weighted by Crippen LogP contribution is -2.53. The van der Waals surface area contributed by atoms with Gasteiger partial charge in [-0.1, -0.05) is 43.5 Å². The van der Waals surface area contributed by atoms with Crippen LogP contribution in [-0.4, -0.2) is 57.1 Å². The molecule has 0 aliphatic heterocycles. The van der Waals surface area contributed by atoms with Crippen LogP contribution >= 0.6 is 11.6 Å². The summed E-state index contributed by atoms with van der Waals surface area (Å²) in [5, 5.41) is 3.31. The molecule has 0 bridgehead atoms. The zero-order chi connectivity index (χ0) is 27.2. The van der Waals surface area contributed by atoms with Crippen LogP contribution in [0.25, 0.3) is 0 Å². The third-order valence-electron chi connectivity index (χ3n) is 6.44. The first-order valence-corrected chi connectivity index (χ1v) is 14.4. The molecule has 202 valence electrons. The van der Waals surface area contributed by atoms with E-state index in [0.29, 0.717) is 12.0 Å². The van der Waals surface area contributed by atoms with E-state index in [-0.39, 0.29) is 35.0 Å². The molecular formula is C26H33ClFN3O5S. The second kappa shape index (κ2) is 12.6. The zero-order valence-corrected chi connectivity index (χ0v) is 22.8. The topological polar surface area (TPSA) is 96.0 Å². The average molecular weight is 554 g/mol. The fourth-order valence-corrected chi connectivity index (χ4v) is 5.54. The maximum atomic E-state index is 13.8. The summed E-state index contributed by atoms with van der Waals surface area (Å²) in [6.45, 7) is 1.21. The van der Waals surface area contributed by atoms with Crippen LogP contribution in [0, 0.1) is 5.82 Å². The third-order valence-corrected chi connectivity index (χ3v) is 7.80. The molecule has 1 saturated carbocycles. The molecular weight excluding hydrogens is 521 g/mol. The van der Waals surface area contributed by atoms with Gasteiger partial charge >= 0.3 is 0 Å².